The predicted octanol–water partition coefficient (Wildman–Crippen LogP) is 12.1. The quantitative estimate of drug-likeness (QED) is 0.191. The van der Waals surface area contributed by atoms with Gasteiger partial charge in [-0.15, -0.1) is 11.3 Å². The first-order chi connectivity index (χ1) is 22.8. The molecule has 0 fully saturated rings. The first-order valence-electron chi connectivity index (χ1n) is 15.5. The van der Waals surface area contributed by atoms with Gasteiger partial charge in [0.1, 0.15) is 0 Å². The van der Waals surface area contributed by atoms with Crippen LogP contribution < -0.4 is 0 Å². The number of para-hydroxylation sites is 1. The minimum absolute atomic E-state index is 0.956. The Morgan fingerprint density at radius 3 is 1.72 bits per heavy atom. The lowest BCUT2D eigenvalue weighted by molar-refractivity contribution is 1.18. The van der Waals surface area contributed by atoms with Gasteiger partial charge in [0.2, 0.25) is 0 Å². The van der Waals surface area contributed by atoms with Gasteiger partial charge in [-0.2, -0.15) is 0 Å². The molecule has 0 atom stereocenters. The number of hydrogen-bond acceptors (Lipinski definition) is 2. The van der Waals surface area contributed by atoms with Crippen molar-refractivity contribution < 1.29 is 0 Å². The molecule has 3 heterocycles. The van der Waals surface area contributed by atoms with E-state index in [2.05, 4.69) is 168 Å². The van der Waals surface area contributed by atoms with Crippen molar-refractivity contribution in [1.29, 1.82) is 0 Å². The van der Waals surface area contributed by atoms with E-state index in [1.165, 1.54) is 48.6 Å². The number of rotatable bonds is 5. The first kappa shape index (κ1) is 26.6. The van der Waals surface area contributed by atoms with E-state index in [-0.39, 0.29) is 0 Å². The molecule has 3 heteroatoms. The molecule has 9 rings (SSSR count). The van der Waals surface area contributed by atoms with E-state index in [0.29, 0.717) is 0 Å². The number of fused-ring (bicyclic) bond motifs is 5. The van der Waals surface area contributed by atoms with E-state index < -0.39 is 0 Å². The third-order valence-corrected chi connectivity index (χ3v) is 9.84. The average Bonchev–Trinajstić information content (AvgIpc) is 3.75. The van der Waals surface area contributed by atoms with Crippen molar-refractivity contribution in [3.05, 3.63) is 169 Å². The van der Waals surface area contributed by atoms with Gasteiger partial charge in [0, 0.05) is 32.3 Å². The Morgan fingerprint density at radius 2 is 1.00 bits per heavy atom. The first-order valence-corrected chi connectivity index (χ1v) is 16.4. The summed E-state index contributed by atoms with van der Waals surface area (Å²) in [5, 5.41) is 6.10. The van der Waals surface area contributed by atoms with Crippen molar-refractivity contribution in [3.8, 4) is 50.5 Å². The van der Waals surface area contributed by atoms with Crippen LogP contribution in [0.5, 0.6) is 0 Å². The van der Waals surface area contributed by atoms with Crippen LogP contribution in [0, 0.1) is 0 Å². The lowest BCUT2D eigenvalue weighted by Crippen LogP contribution is -1.95. The number of hydrogen-bond donors (Lipinski definition) is 0. The van der Waals surface area contributed by atoms with Crippen molar-refractivity contribution in [2.24, 2.45) is 0 Å². The van der Waals surface area contributed by atoms with Crippen molar-refractivity contribution in [3.63, 3.8) is 0 Å². The highest BCUT2D eigenvalue weighted by Gasteiger charge is 2.16. The third kappa shape index (κ3) is 4.52. The highest BCUT2D eigenvalue weighted by Crippen LogP contribution is 2.39. The zero-order valence-electron chi connectivity index (χ0n) is 25.0. The molecule has 3 aromatic heterocycles. The Bertz CT molecular complexity index is 2490. The van der Waals surface area contributed by atoms with Crippen LogP contribution in [-0.2, 0) is 0 Å². The van der Waals surface area contributed by atoms with E-state index in [0.717, 1.165) is 33.8 Å². The standard InChI is InChI=1S/C43H28N2S/c1-3-9-29(10-4-1)30-15-17-31(18-16-30)35-27-38(32-11-5-2-6-12-32)44-39(28-35)33-19-22-36(23-20-33)45-40-14-8-7-13-37(40)42-41(45)24-21-34-25-26-46-43(34)42/h1-28H. The topological polar surface area (TPSA) is 17.8 Å². The van der Waals surface area contributed by atoms with Crippen LogP contribution in [0.2, 0.25) is 0 Å². The maximum absolute atomic E-state index is 5.18. The van der Waals surface area contributed by atoms with Crippen molar-refractivity contribution in [2.45, 2.75) is 0 Å². The summed E-state index contributed by atoms with van der Waals surface area (Å²) in [6.07, 6.45) is 0. The van der Waals surface area contributed by atoms with Crippen LogP contribution in [0.25, 0.3) is 82.3 Å². The number of aromatic nitrogens is 2. The number of thiophene rings is 1. The fourth-order valence-corrected chi connectivity index (χ4v) is 7.58. The van der Waals surface area contributed by atoms with E-state index >= 15 is 0 Å². The second-order valence-electron chi connectivity index (χ2n) is 11.6. The summed E-state index contributed by atoms with van der Waals surface area (Å²) in [7, 11) is 0. The fraction of sp³-hybridized carbons (Fsp3) is 0. The lowest BCUT2D eigenvalue weighted by Gasteiger charge is -2.12. The van der Waals surface area contributed by atoms with E-state index in [4.69, 9.17) is 4.98 Å². The fourth-order valence-electron chi connectivity index (χ4n) is 6.63. The van der Waals surface area contributed by atoms with Crippen LogP contribution >= 0.6 is 11.3 Å². The second-order valence-corrected chi connectivity index (χ2v) is 12.5. The minimum Gasteiger partial charge on any atom is -0.309 e. The summed E-state index contributed by atoms with van der Waals surface area (Å²) in [6.45, 7) is 0. The third-order valence-electron chi connectivity index (χ3n) is 8.90. The molecule has 9 aromatic rings. The number of nitrogens with zero attached hydrogens (tertiary/aromatic N) is 2. The monoisotopic (exact) mass is 604 g/mol. The maximum atomic E-state index is 5.18. The normalized spacial score (nSPS) is 11.5. The zero-order valence-corrected chi connectivity index (χ0v) is 25.8. The molecule has 0 aliphatic heterocycles. The molecule has 46 heavy (non-hydrogen) atoms. The van der Waals surface area contributed by atoms with Gasteiger partial charge < -0.3 is 4.57 Å². The summed E-state index contributed by atoms with van der Waals surface area (Å²) in [6, 6.07) is 58.6. The Morgan fingerprint density at radius 1 is 0.435 bits per heavy atom. The number of pyridine rings is 1. The van der Waals surface area contributed by atoms with Crippen molar-refractivity contribution in [2.75, 3.05) is 0 Å². The van der Waals surface area contributed by atoms with Crippen molar-refractivity contribution >= 4 is 43.2 Å². The smallest absolute Gasteiger partial charge is 0.0715 e. The highest BCUT2D eigenvalue weighted by molar-refractivity contribution is 7.18. The van der Waals surface area contributed by atoms with E-state index in [9.17, 15) is 0 Å². The summed E-state index contributed by atoms with van der Waals surface area (Å²) in [5.41, 5.74) is 12.5. The van der Waals surface area contributed by atoms with E-state index in [1.807, 2.05) is 17.4 Å². The van der Waals surface area contributed by atoms with Crippen LogP contribution in [0.4, 0.5) is 0 Å². The molecule has 0 aliphatic carbocycles. The van der Waals surface area contributed by atoms with Crippen LogP contribution in [0.3, 0.4) is 0 Å². The Balaban J connectivity index is 1.15. The van der Waals surface area contributed by atoms with Crippen LogP contribution in [0.15, 0.2) is 169 Å². The Kier molecular flexibility index (Phi) is 6.36. The largest absolute Gasteiger partial charge is 0.309 e. The molecular formula is C43H28N2S. The molecule has 0 unspecified atom stereocenters. The lowest BCUT2D eigenvalue weighted by atomic mass is 9.97. The van der Waals surface area contributed by atoms with E-state index in [1.54, 1.807) is 0 Å². The summed E-state index contributed by atoms with van der Waals surface area (Å²) < 4.78 is 3.73. The molecule has 2 nitrogen and oxygen atoms in total. The van der Waals surface area contributed by atoms with Gasteiger partial charge in [0.05, 0.1) is 22.4 Å². The SMILES string of the molecule is c1ccc(-c2ccc(-c3cc(-c4ccccc4)nc(-c4ccc(-n5c6ccccc6c6c7sccc7ccc65)cc4)c3)cc2)cc1. The molecule has 0 spiro atoms. The molecule has 0 amide bonds. The van der Waals surface area contributed by atoms with Gasteiger partial charge in [-0.1, -0.05) is 121 Å². The van der Waals surface area contributed by atoms with Gasteiger partial charge in [-0.3, -0.25) is 0 Å². The average molecular weight is 605 g/mol. The predicted molar refractivity (Wildman–Crippen MR) is 196 cm³/mol. The molecule has 0 saturated carbocycles. The molecule has 0 N–H and O–H groups in total. The summed E-state index contributed by atoms with van der Waals surface area (Å²) >= 11 is 1.82. The molecule has 216 valence electrons. The minimum atomic E-state index is 0.956. The van der Waals surface area contributed by atoms with Gasteiger partial charge >= 0.3 is 0 Å². The molecular weight excluding hydrogens is 577 g/mol. The van der Waals surface area contributed by atoms with Gasteiger partial charge in [0.25, 0.3) is 0 Å². The molecule has 0 radical (unpaired) electrons. The van der Waals surface area contributed by atoms with Gasteiger partial charge in [0.15, 0.2) is 0 Å². The Hall–Kier alpha value is -5.77. The Labute approximate surface area is 271 Å². The second kappa shape index (κ2) is 11.0. The van der Waals surface area contributed by atoms with Gasteiger partial charge in [-0.05, 0) is 75.5 Å². The highest BCUT2D eigenvalue weighted by atomic mass is 32.1. The van der Waals surface area contributed by atoms with Crippen LogP contribution in [-0.4, -0.2) is 9.55 Å². The maximum Gasteiger partial charge on any atom is 0.0715 e. The zero-order chi connectivity index (χ0) is 30.5. The molecule has 0 saturated heterocycles. The molecule has 0 bridgehead atoms. The van der Waals surface area contributed by atoms with Crippen molar-refractivity contribution in [1.82, 2.24) is 9.55 Å². The number of benzene rings is 6. The molecule has 6 aromatic carbocycles. The summed E-state index contributed by atoms with van der Waals surface area (Å²) in [4.78, 5) is 5.18. The van der Waals surface area contributed by atoms with Crippen LogP contribution in [0.1, 0.15) is 0 Å². The molecule has 0 aliphatic rings. The van der Waals surface area contributed by atoms with Gasteiger partial charge in [-0.25, -0.2) is 4.98 Å². The summed E-state index contributed by atoms with van der Waals surface area (Å²) in [5.74, 6) is 0.